The highest BCUT2D eigenvalue weighted by molar-refractivity contribution is 4.71. The molecule has 0 saturated heterocycles. The molecule has 0 aromatic rings. The van der Waals surface area contributed by atoms with Gasteiger partial charge in [0.1, 0.15) is 0 Å². The molecule has 0 fully saturated rings. The Bertz CT molecular complexity index is 155. The van der Waals surface area contributed by atoms with Crippen LogP contribution in [0.1, 0.15) is 53.4 Å². The van der Waals surface area contributed by atoms with Crippen molar-refractivity contribution in [1.29, 1.82) is 0 Å². The van der Waals surface area contributed by atoms with E-state index < -0.39 is 0 Å². The van der Waals surface area contributed by atoms with Crippen molar-refractivity contribution < 1.29 is 4.74 Å². The maximum Gasteiger partial charge on any atom is 0.0622 e. The Hall–Kier alpha value is -0.0800. The standard InChI is InChI=1S/C13H29NO/c1-11(2)12(14-5)9-7-8-10-13(3,4)15-6/h11-12,14H,7-10H2,1-6H3. The summed E-state index contributed by atoms with van der Waals surface area (Å²) in [5.74, 6) is 0.727. The quantitative estimate of drug-likeness (QED) is 0.628. The van der Waals surface area contributed by atoms with Crippen molar-refractivity contribution in [3.05, 3.63) is 0 Å². The molecular formula is C13H29NO. The van der Waals surface area contributed by atoms with Crippen LogP contribution < -0.4 is 5.32 Å². The van der Waals surface area contributed by atoms with Crippen LogP contribution in [-0.4, -0.2) is 25.8 Å². The van der Waals surface area contributed by atoms with Crippen LogP contribution in [0.3, 0.4) is 0 Å². The summed E-state index contributed by atoms with van der Waals surface area (Å²) < 4.78 is 5.40. The molecule has 15 heavy (non-hydrogen) atoms. The van der Waals surface area contributed by atoms with Crippen molar-refractivity contribution in [3.8, 4) is 0 Å². The summed E-state index contributed by atoms with van der Waals surface area (Å²) in [4.78, 5) is 0. The van der Waals surface area contributed by atoms with Gasteiger partial charge in [-0.25, -0.2) is 0 Å². The molecule has 0 aliphatic rings. The van der Waals surface area contributed by atoms with Crippen LogP contribution in [0, 0.1) is 5.92 Å². The van der Waals surface area contributed by atoms with Gasteiger partial charge in [0, 0.05) is 13.2 Å². The lowest BCUT2D eigenvalue weighted by Crippen LogP contribution is -2.30. The second-order valence-corrected chi connectivity index (χ2v) is 5.35. The molecule has 1 unspecified atom stereocenters. The predicted molar refractivity (Wildman–Crippen MR) is 67.2 cm³/mol. The first-order chi connectivity index (χ1) is 6.93. The molecule has 0 aromatic heterocycles. The zero-order valence-electron chi connectivity index (χ0n) is 11.4. The van der Waals surface area contributed by atoms with E-state index in [1.54, 1.807) is 7.11 Å². The van der Waals surface area contributed by atoms with Gasteiger partial charge in [-0.3, -0.25) is 0 Å². The van der Waals surface area contributed by atoms with E-state index in [1.807, 2.05) is 0 Å². The molecule has 0 bridgehead atoms. The Balaban J connectivity index is 3.61. The average Bonchev–Trinajstić information content (AvgIpc) is 2.17. The molecule has 2 nitrogen and oxygen atoms in total. The second kappa shape index (κ2) is 7.24. The summed E-state index contributed by atoms with van der Waals surface area (Å²) in [5, 5.41) is 3.38. The van der Waals surface area contributed by atoms with Crippen molar-refractivity contribution in [2.24, 2.45) is 5.92 Å². The molecule has 1 atom stereocenters. The van der Waals surface area contributed by atoms with E-state index in [1.165, 1.54) is 19.3 Å². The van der Waals surface area contributed by atoms with Crippen molar-refractivity contribution >= 4 is 0 Å². The van der Waals surface area contributed by atoms with Crippen LogP contribution in [0.2, 0.25) is 0 Å². The third-order valence-electron chi connectivity index (χ3n) is 3.27. The molecular weight excluding hydrogens is 186 g/mol. The van der Waals surface area contributed by atoms with E-state index >= 15 is 0 Å². The highest BCUT2D eigenvalue weighted by Gasteiger charge is 2.16. The Morgan fingerprint density at radius 1 is 1.20 bits per heavy atom. The second-order valence-electron chi connectivity index (χ2n) is 5.35. The van der Waals surface area contributed by atoms with E-state index in [9.17, 15) is 0 Å². The van der Waals surface area contributed by atoms with Crippen molar-refractivity contribution in [2.75, 3.05) is 14.2 Å². The molecule has 0 heterocycles. The summed E-state index contributed by atoms with van der Waals surface area (Å²) in [6, 6.07) is 0.663. The predicted octanol–water partition coefficient (Wildman–Crippen LogP) is 3.22. The smallest absolute Gasteiger partial charge is 0.0622 e. The number of ether oxygens (including phenoxy) is 1. The fourth-order valence-electron chi connectivity index (χ4n) is 1.83. The van der Waals surface area contributed by atoms with Gasteiger partial charge < -0.3 is 10.1 Å². The number of methoxy groups -OCH3 is 1. The van der Waals surface area contributed by atoms with Crippen LogP contribution in [0.4, 0.5) is 0 Å². The monoisotopic (exact) mass is 215 g/mol. The SMILES string of the molecule is CNC(CCCCC(C)(C)OC)C(C)C. The van der Waals surface area contributed by atoms with Gasteiger partial charge >= 0.3 is 0 Å². The van der Waals surface area contributed by atoms with Crippen LogP contribution in [0.5, 0.6) is 0 Å². The lowest BCUT2D eigenvalue weighted by Gasteiger charge is -2.24. The summed E-state index contributed by atoms with van der Waals surface area (Å²) in [6.45, 7) is 8.87. The van der Waals surface area contributed by atoms with E-state index in [4.69, 9.17) is 4.74 Å². The Morgan fingerprint density at radius 2 is 1.80 bits per heavy atom. The normalized spacial score (nSPS) is 14.6. The maximum absolute atomic E-state index is 5.40. The van der Waals surface area contributed by atoms with Gasteiger partial charge in [-0.2, -0.15) is 0 Å². The highest BCUT2D eigenvalue weighted by Crippen LogP contribution is 2.18. The van der Waals surface area contributed by atoms with Crippen LogP contribution in [0.25, 0.3) is 0 Å². The molecule has 0 aliphatic heterocycles. The zero-order valence-corrected chi connectivity index (χ0v) is 11.4. The summed E-state index contributed by atoms with van der Waals surface area (Å²) in [7, 11) is 3.86. The molecule has 2 heteroatoms. The first-order valence-electron chi connectivity index (χ1n) is 6.15. The molecule has 0 radical (unpaired) electrons. The minimum Gasteiger partial charge on any atom is -0.379 e. The van der Waals surface area contributed by atoms with Crippen molar-refractivity contribution in [3.63, 3.8) is 0 Å². The highest BCUT2D eigenvalue weighted by atomic mass is 16.5. The number of hydrogen-bond acceptors (Lipinski definition) is 2. The minimum absolute atomic E-state index is 0.0486. The molecule has 0 spiro atoms. The molecule has 0 aromatic carbocycles. The van der Waals surface area contributed by atoms with Gasteiger partial charge in [-0.1, -0.05) is 26.7 Å². The summed E-state index contributed by atoms with van der Waals surface area (Å²) in [6.07, 6.45) is 4.97. The molecule has 92 valence electrons. The summed E-state index contributed by atoms with van der Waals surface area (Å²) >= 11 is 0. The van der Waals surface area contributed by atoms with Gasteiger partial charge in [0.25, 0.3) is 0 Å². The van der Waals surface area contributed by atoms with Crippen molar-refractivity contribution in [1.82, 2.24) is 5.32 Å². The Kier molecular flexibility index (Phi) is 7.20. The number of unbranched alkanes of at least 4 members (excludes halogenated alkanes) is 1. The third-order valence-corrected chi connectivity index (χ3v) is 3.27. The number of hydrogen-bond donors (Lipinski definition) is 1. The average molecular weight is 215 g/mol. The molecule has 0 rings (SSSR count). The third kappa shape index (κ3) is 6.91. The largest absolute Gasteiger partial charge is 0.379 e. The molecule has 0 aliphatic carbocycles. The van der Waals surface area contributed by atoms with Gasteiger partial charge in [0.15, 0.2) is 0 Å². The van der Waals surface area contributed by atoms with Crippen LogP contribution >= 0.6 is 0 Å². The van der Waals surface area contributed by atoms with Gasteiger partial charge in [0.05, 0.1) is 5.60 Å². The van der Waals surface area contributed by atoms with Crippen molar-refractivity contribution in [2.45, 2.75) is 65.0 Å². The fraction of sp³-hybridized carbons (Fsp3) is 1.00. The topological polar surface area (TPSA) is 21.3 Å². The lowest BCUT2D eigenvalue weighted by atomic mass is 9.95. The van der Waals surface area contributed by atoms with Crippen LogP contribution in [0.15, 0.2) is 0 Å². The number of rotatable bonds is 8. The van der Waals surface area contributed by atoms with E-state index in [-0.39, 0.29) is 5.60 Å². The van der Waals surface area contributed by atoms with Gasteiger partial charge in [-0.05, 0) is 39.7 Å². The summed E-state index contributed by atoms with van der Waals surface area (Å²) in [5.41, 5.74) is 0.0486. The van der Waals surface area contributed by atoms with Gasteiger partial charge in [0.2, 0.25) is 0 Å². The van der Waals surface area contributed by atoms with E-state index in [0.717, 1.165) is 12.3 Å². The fourth-order valence-corrected chi connectivity index (χ4v) is 1.83. The Labute approximate surface area is 95.8 Å². The minimum atomic E-state index is 0.0486. The first-order valence-corrected chi connectivity index (χ1v) is 6.15. The lowest BCUT2D eigenvalue weighted by molar-refractivity contribution is 0.0132. The Morgan fingerprint density at radius 3 is 2.20 bits per heavy atom. The van der Waals surface area contributed by atoms with E-state index in [0.29, 0.717) is 6.04 Å². The van der Waals surface area contributed by atoms with Crippen LogP contribution in [-0.2, 0) is 4.74 Å². The zero-order chi connectivity index (χ0) is 11.9. The molecule has 0 amide bonds. The number of nitrogens with one attached hydrogen (secondary N) is 1. The molecule has 0 saturated carbocycles. The van der Waals surface area contributed by atoms with E-state index in [2.05, 4.69) is 40.1 Å². The first kappa shape index (κ1) is 14.9. The maximum atomic E-state index is 5.40. The molecule has 1 N–H and O–H groups in total. The van der Waals surface area contributed by atoms with Gasteiger partial charge in [-0.15, -0.1) is 0 Å².